The lowest BCUT2D eigenvalue weighted by atomic mass is 10.0. The molecule has 1 heterocycles. The molecule has 120 valence electrons. The zero-order valence-electron chi connectivity index (χ0n) is 14.7. The van der Waals surface area contributed by atoms with Crippen LogP contribution in [0.3, 0.4) is 0 Å². The van der Waals surface area contributed by atoms with E-state index >= 15 is 0 Å². The van der Waals surface area contributed by atoms with Crippen molar-refractivity contribution in [3.63, 3.8) is 0 Å². The third-order valence-electron chi connectivity index (χ3n) is 4.97. The van der Waals surface area contributed by atoms with Crippen molar-refractivity contribution in [2.45, 2.75) is 33.9 Å². The SMILES string of the molecule is Cc1cc(C)c(N2c3c(C#N)cc(C#N)cc3N(C)[C@@H]2C)cc1C. The first-order valence-electron chi connectivity index (χ1n) is 7.97. The molecule has 0 bridgehead atoms. The number of fused-ring (bicyclic) bond motifs is 1. The summed E-state index contributed by atoms with van der Waals surface area (Å²) in [6, 6.07) is 12.3. The van der Waals surface area contributed by atoms with Crippen molar-refractivity contribution in [2.75, 3.05) is 16.8 Å². The molecule has 0 saturated heterocycles. The minimum atomic E-state index is 0.0712. The van der Waals surface area contributed by atoms with Crippen molar-refractivity contribution in [1.29, 1.82) is 10.5 Å². The lowest BCUT2D eigenvalue weighted by Crippen LogP contribution is -2.36. The number of hydrogen-bond acceptors (Lipinski definition) is 4. The van der Waals surface area contributed by atoms with Crippen LogP contribution in [0.25, 0.3) is 0 Å². The zero-order valence-corrected chi connectivity index (χ0v) is 14.7. The van der Waals surface area contributed by atoms with Crippen molar-refractivity contribution >= 4 is 17.1 Å². The molecule has 0 unspecified atom stereocenters. The molecule has 0 saturated carbocycles. The van der Waals surface area contributed by atoms with Crippen LogP contribution in [0, 0.1) is 43.4 Å². The van der Waals surface area contributed by atoms with Crippen molar-refractivity contribution in [1.82, 2.24) is 0 Å². The average Bonchev–Trinajstić information content (AvgIpc) is 2.82. The minimum Gasteiger partial charge on any atom is -0.352 e. The van der Waals surface area contributed by atoms with Crippen LogP contribution in [0.5, 0.6) is 0 Å². The molecule has 0 amide bonds. The van der Waals surface area contributed by atoms with Gasteiger partial charge >= 0.3 is 0 Å². The van der Waals surface area contributed by atoms with Crippen molar-refractivity contribution < 1.29 is 0 Å². The van der Waals surface area contributed by atoms with Gasteiger partial charge in [-0.15, -0.1) is 0 Å². The summed E-state index contributed by atoms with van der Waals surface area (Å²) in [5, 5.41) is 18.9. The number of aryl methyl sites for hydroxylation is 3. The lowest BCUT2D eigenvalue weighted by molar-refractivity contribution is 0.732. The van der Waals surface area contributed by atoms with Gasteiger partial charge in [-0.05, 0) is 62.6 Å². The smallest absolute Gasteiger partial charge is 0.103 e. The molecule has 0 radical (unpaired) electrons. The molecule has 24 heavy (non-hydrogen) atoms. The van der Waals surface area contributed by atoms with Crippen LogP contribution in [0.15, 0.2) is 24.3 Å². The number of anilines is 3. The lowest BCUT2D eigenvalue weighted by Gasteiger charge is -2.30. The van der Waals surface area contributed by atoms with E-state index in [1.165, 1.54) is 16.7 Å². The second-order valence-corrected chi connectivity index (χ2v) is 6.45. The predicted molar refractivity (Wildman–Crippen MR) is 96.5 cm³/mol. The number of nitrogens with zero attached hydrogens (tertiary/aromatic N) is 4. The predicted octanol–water partition coefficient (Wildman–Crippen LogP) is 4.29. The molecule has 1 atom stereocenters. The summed E-state index contributed by atoms with van der Waals surface area (Å²) < 4.78 is 0. The van der Waals surface area contributed by atoms with Crippen LogP contribution in [-0.4, -0.2) is 13.2 Å². The van der Waals surface area contributed by atoms with E-state index < -0.39 is 0 Å². The monoisotopic (exact) mass is 316 g/mol. The summed E-state index contributed by atoms with van der Waals surface area (Å²) in [6.07, 6.45) is 0.0712. The summed E-state index contributed by atoms with van der Waals surface area (Å²) in [4.78, 5) is 4.32. The molecule has 0 N–H and O–H groups in total. The van der Waals surface area contributed by atoms with Crippen LogP contribution < -0.4 is 9.80 Å². The maximum atomic E-state index is 9.62. The quantitative estimate of drug-likeness (QED) is 0.787. The first kappa shape index (κ1) is 15.9. The first-order valence-corrected chi connectivity index (χ1v) is 7.97. The molecule has 2 aromatic carbocycles. The van der Waals surface area contributed by atoms with Gasteiger partial charge < -0.3 is 9.80 Å². The molecule has 4 heteroatoms. The second kappa shape index (κ2) is 5.58. The van der Waals surface area contributed by atoms with Crippen LogP contribution in [0.4, 0.5) is 17.1 Å². The number of hydrogen-bond donors (Lipinski definition) is 0. The van der Waals surface area contributed by atoms with Crippen molar-refractivity contribution in [3.05, 3.63) is 52.1 Å². The first-order chi connectivity index (χ1) is 11.4. The van der Waals surface area contributed by atoms with Gasteiger partial charge in [-0.25, -0.2) is 0 Å². The molecule has 3 rings (SSSR count). The molecule has 0 spiro atoms. The van der Waals surface area contributed by atoms with E-state index in [2.05, 4.69) is 61.8 Å². The van der Waals surface area contributed by atoms with Gasteiger partial charge in [-0.2, -0.15) is 10.5 Å². The van der Waals surface area contributed by atoms with E-state index in [0.29, 0.717) is 11.1 Å². The maximum absolute atomic E-state index is 9.62. The van der Waals surface area contributed by atoms with Crippen LogP contribution in [-0.2, 0) is 0 Å². The summed E-state index contributed by atoms with van der Waals surface area (Å²) in [6.45, 7) is 8.43. The van der Waals surface area contributed by atoms with E-state index in [-0.39, 0.29) is 6.17 Å². The normalized spacial score (nSPS) is 15.9. The Morgan fingerprint density at radius 3 is 2.17 bits per heavy atom. The minimum absolute atomic E-state index is 0.0712. The van der Waals surface area contributed by atoms with Crippen LogP contribution in [0.1, 0.15) is 34.7 Å². The van der Waals surface area contributed by atoms with Gasteiger partial charge in [0, 0.05) is 12.7 Å². The third-order valence-corrected chi connectivity index (χ3v) is 4.97. The Balaban J connectivity index is 2.30. The highest BCUT2D eigenvalue weighted by Gasteiger charge is 2.35. The van der Waals surface area contributed by atoms with E-state index in [4.69, 9.17) is 0 Å². The fourth-order valence-electron chi connectivity index (χ4n) is 3.38. The molecule has 1 aliphatic rings. The molecule has 0 fully saturated rings. The van der Waals surface area contributed by atoms with E-state index in [0.717, 1.165) is 17.1 Å². The number of nitriles is 2. The molecule has 1 aliphatic heterocycles. The maximum Gasteiger partial charge on any atom is 0.103 e. The van der Waals surface area contributed by atoms with Gasteiger partial charge in [0.05, 0.1) is 28.6 Å². The van der Waals surface area contributed by atoms with Gasteiger partial charge in [0.25, 0.3) is 0 Å². The van der Waals surface area contributed by atoms with Gasteiger partial charge in [-0.3, -0.25) is 0 Å². The molecule has 4 nitrogen and oxygen atoms in total. The third kappa shape index (κ3) is 2.20. The highest BCUT2D eigenvalue weighted by Crippen LogP contribution is 2.47. The standard InChI is InChI=1S/C20H20N4/c1-12-6-14(3)18(7-13(12)2)24-15(4)23(5)19-9-16(10-21)8-17(11-22)20(19)24/h6-9,15H,1-5H3/t15-/m0/s1. The largest absolute Gasteiger partial charge is 0.352 e. The number of benzene rings is 2. The van der Waals surface area contributed by atoms with E-state index in [1.54, 1.807) is 6.07 Å². The van der Waals surface area contributed by atoms with Crippen molar-refractivity contribution in [2.24, 2.45) is 0 Å². The summed E-state index contributed by atoms with van der Waals surface area (Å²) in [5.74, 6) is 0. The Morgan fingerprint density at radius 2 is 1.54 bits per heavy atom. The number of rotatable bonds is 1. The molecular formula is C20H20N4. The Kier molecular flexibility index (Phi) is 3.70. The Bertz CT molecular complexity index is 915. The van der Waals surface area contributed by atoms with Gasteiger partial charge in [-0.1, -0.05) is 6.07 Å². The molecule has 0 aromatic heterocycles. The summed E-state index contributed by atoms with van der Waals surface area (Å²) in [5.41, 5.74) is 7.65. The Labute approximate surface area is 143 Å². The van der Waals surface area contributed by atoms with Gasteiger partial charge in [0.2, 0.25) is 0 Å². The zero-order chi connectivity index (χ0) is 17.6. The van der Waals surface area contributed by atoms with Crippen LogP contribution in [0.2, 0.25) is 0 Å². The van der Waals surface area contributed by atoms with Crippen molar-refractivity contribution in [3.8, 4) is 12.1 Å². The van der Waals surface area contributed by atoms with E-state index in [9.17, 15) is 10.5 Å². The average molecular weight is 316 g/mol. The Morgan fingerprint density at radius 1 is 0.875 bits per heavy atom. The second-order valence-electron chi connectivity index (χ2n) is 6.45. The highest BCUT2D eigenvalue weighted by atomic mass is 15.4. The highest BCUT2D eigenvalue weighted by molar-refractivity contribution is 5.89. The fraction of sp³-hybridized carbons (Fsp3) is 0.300. The summed E-state index contributed by atoms with van der Waals surface area (Å²) >= 11 is 0. The van der Waals surface area contributed by atoms with Gasteiger partial charge in [0.15, 0.2) is 0 Å². The van der Waals surface area contributed by atoms with E-state index in [1.807, 2.05) is 13.1 Å². The Hall–Kier alpha value is -2.98. The van der Waals surface area contributed by atoms with Crippen LogP contribution >= 0.6 is 0 Å². The molecule has 2 aromatic rings. The summed E-state index contributed by atoms with van der Waals surface area (Å²) in [7, 11) is 2.00. The fourth-order valence-corrected chi connectivity index (χ4v) is 3.38. The van der Waals surface area contributed by atoms with Gasteiger partial charge in [0.1, 0.15) is 12.2 Å². The molecule has 0 aliphatic carbocycles. The topological polar surface area (TPSA) is 54.1 Å². The molecular weight excluding hydrogens is 296 g/mol.